The Balaban J connectivity index is 1.34. The van der Waals surface area contributed by atoms with Crippen molar-refractivity contribution in [3.8, 4) is 0 Å². The number of hydrogen-bond donors (Lipinski definition) is 2. The molecule has 1 aliphatic rings. The van der Waals surface area contributed by atoms with Crippen molar-refractivity contribution >= 4 is 34.8 Å². The lowest BCUT2D eigenvalue weighted by Crippen LogP contribution is -2.31. The summed E-state index contributed by atoms with van der Waals surface area (Å²) in [5, 5.41) is 8.57. The zero-order valence-corrected chi connectivity index (χ0v) is 20.3. The molecule has 4 aromatic rings. The lowest BCUT2D eigenvalue weighted by Gasteiger charge is -2.26. The average Bonchev–Trinajstić information content (AvgIpc) is 3.47. The van der Waals surface area contributed by atoms with E-state index >= 15 is 0 Å². The molecule has 0 unspecified atom stereocenters. The smallest absolute Gasteiger partial charge is 0.170 e. The summed E-state index contributed by atoms with van der Waals surface area (Å²) >= 11 is 7.39. The summed E-state index contributed by atoms with van der Waals surface area (Å²) in [6.07, 6.45) is 2.76. The number of hydrogen-bond acceptors (Lipinski definition) is 5. The number of nitrogens with one attached hydrogen (secondary N) is 2. The lowest BCUT2D eigenvalue weighted by molar-refractivity contribution is 0.259. The molecule has 7 heteroatoms. The van der Waals surface area contributed by atoms with E-state index in [4.69, 9.17) is 16.6 Å². The Kier molecular flexibility index (Phi) is 7.12. The summed E-state index contributed by atoms with van der Waals surface area (Å²) in [6.45, 7) is 1.67. The van der Waals surface area contributed by atoms with Crippen LogP contribution in [0.4, 0.5) is 5.69 Å². The molecule has 2 N–H and O–H groups in total. The van der Waals surface area contributed by atoms with Crippen LogP contribution in [-0.2, 0) is 0 Å². The largest absolute Gasteiger partial charge is 0.452 e. The molecule has 5 rings (SSSR count). The van der Waals surface area contributed by atoms with E-state index in [1.165, 1.54) is 0 Å². The van der Waals surface area contributed by atoms with Crippen molar-refractivity contribution < 1.29 is 4.42 Å². The number of anilines is 1. The topological polar surface area (TPSA) is 53.3 Å². The van der Waals surface area contributed by atoms with Crippen LogP contribution in [0, 0.1) is 0 Å². The van der Waals surface area contributed by atoms with Gasteiger partial charge in [0.2, 0.25) is 0 Å². The number of aromatic nitrogens is 1. The molecule has 0 aliphatic carbocycles. The summed E-state index contributed by atoms with van der Waals surface area (Å²) in [5.41, 5.74) is 2.08. The van der Waals surface area contributed by atoms with Gasteiger partial charge in [-0.25, -0.2) is 0 Å². The molecule has 1 aliphatic heterocycles. The van der Waals surface area contributed by atoms with Crippen LogP contribution in [0.3, 0.4) is 0 Å². The van der Waals surface area contributed by atoms with Crippen LogP contribution >= 0.6 is 24.0 Å². The van der Waals surface area contributed by atoms with Crippen LogP contribution in [0.1, 0.15) is 30.0 Å². The zero-order valence-electron chi connectivity index (χ0n) is 18.6. The van der Waals surface area contributed by atoms with Crippen molar-refractivity contribution in [2.75, 3.05) is 18.4 Å². The van der Waals surface area contributed by atoms with Gasteiger partial charge in [-0.2, -0.15) is 0 Å². The second kappa shape index (κ2) is 10.8. The first-order valence-corrected chi connectivity index (χ1v) is 12.6. The third-order valence-electron chi connectivity index (χ3n) is 5.73. The summed E-state index contributed by atoms with van der Waals surface area (Å²) in [4.78, 5) is 7.99. The normalized spacial score (nSPS) is 17.5. The monoisotopic (exact) mass is 486 g/mol. The number of benzene rings is 2. The van der Waals surface area contributed by atoms with Gasteiger partial charge in [-0.05, 0) is 67.2 Å². The fourth-order valence-corrected chi connectivity index (χ4v) is 5.28. The van der Waals surface area contributed by atoms with E-state index in [0.717, 1.165) is 51.8 Å². The molecular weight excluding hydrogens is 460 g/mol. The Morgan fingerprint density at radius 1 is 0.941 bits per heavy atom. The Morgan fingerprint density at radius 3 is 2.47 bits per heavy atom. The van der Waals surface area contributed by atoms with Crippen molar-refractivity contribution in [1.29, 1.82) is 0 Å². The third kappa shape index (κ3) is 5.26. The van der Waals surface area contributed by atoms with E-state index in [1.807, 2.05) is 66.9 Å². The van der Waals surface area contributed by atoms with Crippen LogP contribution < -0.4 is 10.6 Å². The van der Waals surface area contributed by atoms with Crippen LogP contribution in [0.2, 0.25) is 0 Å². The molecule has 0 radical (unpaired) electrons. The molecule has 3 heterocycles. The Labute approximate surface area is 209 Å². The highest BCUT2D eigenvalue weighted by atomic mass is 32.2. The van der Waals surface area contributed by atoms with E-state index in [1.54, 1.807) is 11.8 Å². The molecule has 34 heavy (non-hydrogen) atoms. The number of pyridine rings is 1. The minimum Gasteiger partial charge on any atom is -0.452 e. The molecule has 5 nitrogen and oxygen atoms in total. The van der Waals surface area contributed by atoms with Gasteiger partial charge in [-0.1, -0.05) is 54.2 Å². The first-order valence-electron chi connectivity index (χ1n) is 11.4. The number of para-hydroxylation sites is 1. The number of furan rings is 1. The third-order valence-corrected chi connectivity index (χ3v) is 7.01. The highest BCUT2D eigenvalue weighted by molar-refractivity contribution is 7.99. The van der Waals surface area contributed by atoms with Gasteiger partial charge in [0.25, 0.3) is 0 Å². The fourth-order valence-electron chi connectivity index (χ4n) is 4.15. The van der Waals surface area contributed by atoms with Gasteiger partial charge in [0, 0.05) is 29.9 Å². The molecule has 1 saturated heterocycles. The van der Waals surface area contributed by atoms with E-state index in [2.05, 4.69) is 50.8 Å². The standard InChI is InChI=1S/C27H26N4OS2/c33-27-30-25(22-14-7-8-17-29-22)26(31(27)19-9-18-28-20-10-3-1-4-11-20)23-15-16-24(32-23)34-21-12-5-2-6-13-21/h1-8,10-17,25-26,28H,9,18-19H2,(H,30,33)/t25-,26-/m1/s1. The lowest BCUT2D eigenvalue weighted by atomic mass is 10.0. The van der Waals surface area contributed by atoms with Crippen molar-refractivity contribution in [1.82, 2.24) is 15.2 Å². The first-order chi connectivity index (χ1) is 16.8. The fraction of sp³-hybridized carbons (Fsp3) is 0.185. The molecule has 0 bridgehead atoms. The molecule has 0 saturated carbocycles. The zero-order chi connectivity index (χ0) is 23.2. The molecule has 2 aromatic heterocycles. The molecule has 1 fully saturated rings. The maximum absolute atomic E-state index is 6.36. The average molecular weight is 487 g/mol. The van der Waals surface area contributed by atoms with Gasteiger partial charge in [0.05, 0.1) is 11.7 Å². The van der Waals surface area contributed by atoms with Crippen molar-refractivity contribution in [2.24, 2.45) is 0 Å². The van der Waals surface area contributed by atoms with E-state index in [9.17, 15) is 0 Å². The summed E-state index contributed by atoms with van der Waals surface area (Å²) in [6, 6.07) is 30.5. The molecule has 2 atom stereocenters. The van der Waals surface area contributed by atoms with E-state index < -0.39 is 0 Å². The van der Waals surface area contributed by atoms with Crippen LogP contribution in [0.25, 0.3) is 0 Å². The van der Waals surface area contributed by atoms with Crippen molar-refractivity contribution in [2.45, 2.75) is 28.5 Å². The Hall–Kier alpha value is -3.29. The summed E-state index contributed by atoms with van der Waals surface area (Å²) < 4.78 is 6.36. The van der Waals surface area contributed by atoms with Crippen molar-refractivity contribution in [3.63, 3.8) is 0 Å². The van der Waals surface area contributed by atoms with Gasteiger partial charge in [-0.3, -0.25) is 4.98 Å². The predicted octanol–water partition coefficient (Wildman–Crippen LogP) is 6.30. The molecule has 0 spiro atoms. The number of thiocarbonyl (C=S) groups is 1. The maximum atomic E-state index is 6.36. The highest BCUT2D eigenvalue weighted by Gasteiger charge is 2.41. The van der Waals surface area contributed by atoms with E-state index in [-0.39, 0.29) is 12.1 Å². The van der Waals surface area contributed by atoms with Crippen LogP contribution in [0.15, 0.2) is 112 Å². The molecule has 0 amide bonds. The predicted molar refractivity (Wildman–Crippen MR) is 141 cm³/mol. The Morgan fingerprint density at radius 2 is 1.71 bits per heavy atom. The Bertz CT molecular complexity index is 1200. The van der Waals surface area contributed by atoms with Gasteiger partial charge in [-0.15, -0.1) is 0 Å². The maximum Gasteiger partial charge on any atom is 0.170 e. The van der Waals surface area contributed by atoms with Crippen LogP contribution in [0.5, 0.6) is 0 Å². The molecular formula is C27H26N4OS2. The van der Waals surface area contributed by atoms with Gasteiger partial charge in [0.1, 0.15) is 11.8 Å². The van der Waals surface area contributed by atoms with Crippen LogP contribution in [-0.4, -0.2) is 28.1 Å². The number of nitrogens with zero attached hydrogens (tertiary/aromatic N) is 2. The van der Waals surface area contributed by atoms with Crippen molar-refractivity contribution in [3.05, 3.63) is 109 Å². The van der Waals surface area contributed by atoms with E-state index in [0.29, 0.717) is 0 Å². The molecule has 172 valence electrons. The summed E-state index contributed by atoms with van der Waals surface area (Å²) in [5.74, 6) is 0.887. The summed E-state index contributed by atoms with van der Waals surface area (Å²) in [7, 11) is 0. The van der Waals surface area contributed by atoms with Gasteiger partial charge < -0.3 is 20.0 Å². The minimum atomic E-state index is -0.0727. The van der Waals surface area contributed by atoms with Gasteiger partial charge in [0.15, 0.2) is 10.2 Å². The second-order valence-corrected chi connectivity index (χ2v) is 9.50. The quantitative estimate of drug-likeness (QED) is 0.213. The minimum absolute atomic E-state index is 0.0655. The number of rotatable bonds is 9. The molecule has 2 aromatic carbocycles. The van der Waals surface area contributed by atoms with Gasteiger partial charge >= 0.3 is 0 Å². The second-order valence-electron chi connectivity index (χ2n) is 8.04. The first kappa shape index (κ1) is 22.5. The SMILES string of the molecule is S=C1N[C@H](c2ccccn2)[C@@H](c2ccc(Sc3ccccc3)o2)N1CCCNc1ccccc1. The highest BCUT2D eigenvalue weighted by Crippen LogP contribution is 2.41.